The largest absolute Gasteiger partial charge is 0.457 e. The molecular weight excluding hydrogens is 420 g/mol. The van der Waals surface area contributed by atoms with Crippen LogP contribution in [0.25, 0.3) is 0 Å². The van der Waals surface area contributed by atoms with Crippen LogP contribution in [-0.2, 0) is 0 Å². The van der Waals surface area contributed by atoms with E-state index in [1.807, 2.05) is 36.4 Å². The summed E-state index contributed by atoms with van der Waals surface area (Å²) < 4.78 is 6.16. The second kappa shape index (κ2) is 11.2. The molecule has 3 fully saturated rings. The van der Waals surface area contributed by atoms with E-state index in [-0.39, 0.29) is 5.92 Å². The summed E-state index contributed by atoms with van der Waals surface area (Å²) in [4.78, 5) is 5.37. The van der Waals surface area contributed by atoms with Gasteiger partial charge in [-0.3, -0.25) is 0 Å². The molecule has 34 heavy (non-hydrogen) atoms. The first-order valence-electron chi connectivity index (χ1n) is 13.7. The molecule has 4 heteroatoms. The molecule has 1 unspecified atom stereocenters. The van der Waals surface area contributed by atoms with Gasteiger partial charge in [0, 0.05) is 18.5 Å². The van der Waals surface area contributed by atoms with Crippen molar-refractivity contribution < 1.29 is 9.84 Å². The Morgan fingerprint density at radius 1 is 0.794 bits per heavy atom. The van der Waals surface area contributed by atoms with Gasteiger partial charge in [0.1, 0.15) is 11.5 Å². The molecule has 0 amide bonds. The fraction of sp³-hybridized carbons (Fsp3) is 0.600. The minimum absolute atomic E-state index is 0.124. The molecule has 0 spiro atoms. The van der Waals surface area contributed by atoms with E-state index in [4.69, 9.17) is 4.74 Å². The Labute approximate surface area is 205 Å². The van der Waals surface area contributed by atoms with Gasteiger partial charge in [-0.05, 0) is 94.5 Å². The molecule has 0 radical (unpaired) electrons. The molecule has 4 nitrogen and oxygen atoms in total. The monoisotopic (exact) mass is 462 g/mol. The van der Waals surface area contributed by atoms with Crippen LogP contribution in [0.3, 0.4) is 0 Å². The molecule has 184 valence electrons. The van der Waals surface area contributed by atoms with Gasteiger partial charge < -0.3 is 19.6 Å². The number of benzene rings is 2. The highest BCUT2D eigenvalue weighted by molar-refractivity contribution is 5.36. The Bertz CT molecular complexity index is 882. The van der Waals surface area contributed by atoms with E-state index in [0.717, 1.165) is 62.9 Å². The molecule has 1 atom stereocenters. The SMILES string of the molecule is OC1(C(CN2CCC(N3CCCCC3)CC2)c2cccc(Oc3ccccc3)c2)CCCCC1. The molecule has 1 N–H and O–H groups in total. The second-order valence-corrected chi connectivity index (χ2v) is 10.8. The molecule has 0 bridgehead atoms. The van der Waals surface area contributed by atoms with Crippen LogP contribution in [0.2, 0.25) is 0 Å². The third-order valence-electron chi connectivity index (χ3n) is 8.51. The highest BCUT2D eigenvalue weighted by Gasteiger charge is 2.40. The van der Waals surface area contributed by atoms with Crippen LogP contribution < -0.4 is 4.74 Å². The van der Waals surface area contributed by atoms with Crippen LogP contribution in [0.15, 0.2) is 54.6 Å². The summed E-state index contributed by atoms with van der Waals surface area (Å²) in [6, 6.07) is 19.2. The Morgan fingerprint density at radius 2 is 1.47 bits per heavy atom. The van der Waals surface area contributed by atoms with E-state index in [0.29, 0.717) is 0 Å². The van der Waals surface area contributed by atoms with E-state index in [1.54, 1.807) is 0 Å². The lowest BCUT2D eigenvalue weighted by atomic mass is 9.72. The van der Waals surface area contributed by atoms with E-state index in [9.17, 15) is 5.11 Å². The van der Waals surface area contributed by atoms with Crippen molar-refractivity contribution in [3.8, 4) is 11.5 Å². The van der Waals surface area contributed by atoms with Gasteiger partial charge >= 0.3 is 0 Å². The third kappa shape index (κ3) is 5.84. The molecular formula is C30H42N2O2. The first-order chi connectivity index (χ1) is 16.7. The molecule has 3 aliphatic rings. The highest BCUT2D eigenvalue weighted by Crippen LogP contribution is 2.42. The topological polar surface area (TPSA) is 35.9 Å². The predicted octanol–water partition coefficient (Wildman–Crippen LogP) is 6.21. The summed E-state index contributed by atoms with van der Waals surface area (Å²) in [5.74, 6) is 1.84. The van der Waals surface area contributed by atoms with Gasteiger partial charge in [0.05, 0.1) is 5.60 Å². The summed E-state index contributed by atoms with van der Waals surface area (Å²) in [5.41, 5.74) is 0.601. The molecule has 2 heterocycles. The zero-order valence-corrected chi connectivity index (χ0v) is 20.7. The normalized spacial score (nSPS) is 23.4. The average Bonchev–Trinajstić information content (AvgIpc) is 2.89. The van der Waals surface area contributed by atoms with Gasteiger partial charge in [0.2, 0.25) is 0 Å². The van der Waals surface area contributed by atoms with Crippen molar-refractivity contribution >= 4 is 0 Å². The third-order valence-corrected chi connectivity index (χ3v) is 8.51. The Kier molecular flexibility index (Phi) is 7.88. The highest BCUT2D eigenvalue weighted by atomic mass is 16.5. The Hall–Kier alpha value is -1.88. The number of nitrogens with zero attached hydrogens (tertiary/aromatic N) is 2. The standard InChI is InChI=1S/C30H42N2O2/c33-30(17-6-2-7-18-30)29(24-31-21-15-26(16-22-31)32-19-8-3-9-20-32)25-11-10-14-28(23-25)34-27-12-4-1-5-13-27/h1,4-5,10-14,23,26,29,33H,2-3,6-9,15-22,24H2. The molecule has 2 saturated heterocycles. The van der Waals surface area contributed by atoms with Crippen LogP contribution in [0.5, 0.6) is 11.5 Å². The first kappa shape index (κ1) is 23.8. The van der Waals surface area contributed by atoms with Crippen molar-refractivity contribution in [2.45, 2.75) is 81.8 Å². The number of rotatable bonds is 7. The molecule has 1 aliphatic carbocycles. The Morgan fingerprint density at radius 3 is 2.21 bits per heavy atom. The number of para-hydroxylation sites is 1. The summed E-state index contributed by atoms with van der Waals surface area (Å²) in [5, 5.41) is 11.9. The predicted molar refractivity (Wildman–Crippen MR) is 139 cm³/mol. The average molecular weight is 463 g/mol. The lowest BCUT2D eigenvalue weighted by molar-refractivity contribution is -0.0343. The van der Waals surface area contributed by atoms with Crippen LogP contribution in [0.1, 0.15) is 75.7 Å². The van der Waals surface area contributed by atoms with Crippen molar-refractivity contribution in [2.24, 2.45) is 0 Å². The van der Waals surface area contributed by atoms with Gasteiger partial charge in [-0.25, -0.2) is 0 Å². The van der Waals surface area contributed by atoms with Crippen LogP contribution in [0.4, 0.5) is 0 Å². The van der Waals surface area contributed by atoms with Crippen molar-refractivity contribution in [3.63, 3.8) is 0 Å². The zero-order valence-electron chi connectivity index (χ0n) is 20.7. The minimum atomic E-state index is -0.618. The molecule has 2 aromatic carbocycles. The van der Waals surface area contributed by atoms with Crippen LogP contribution in [-0.4, -0.2) is 59.3 Å². The van der Waals surface area contributed by atoms with Crippen molar-refractivity contribution in [3.05, 3.63) is 60.2 Å². The molecule has 1 saturated carbocycles. The summed E-state index contributed by atoms with van der Waals surface area (Å²) in [6.07, 6.45) is 12.0. The lowest BCUT2D eigenvalue weighted by Gasteiger charge is -2.44. The van der Waals surface area contributed by atoms with Gasteiger partial charge in [0.25, 0.3) is 0 Å². The number of aliphatic hydroxyl groups is 1. The lowest BCUT2D eigenvalue weighted by Crippen LogP contribution is -2.50. The van der Waals surface area contributed by atoms with Crippen LogP contribution >= 0.6 is 0 Å². The number of ether oxygens (including phenoxy) is 1. The second-order valence-electron chi connectivity index (χ2n) is 10.8. The summed E-state index contributed by atoms with van der Waals surface area (Å²) >= 11 is 0. The Balaban J connectivity index is 1.30. The summed E-state index contributed by atoms with van der Waals surface area (Å²) in [7, 11) is 0. The van der Waals surface area contributed by atoms with Gasteiger partial charge in [-0.2, -0.15) is 0 Å². The van der Waals surface area contributed by atoms with Crippen molar-refractivity contribution in [1.82, 2.24) is 9.80 Å². The zero-order chi connectivity index (χ0) is 23.2. The summed E-state index contributed by atoms with van der Waals surface area (Å²) in [6.45, 7) is 5.82. The smallest absolute Gasteiger partial charge is 0.127 e. The molecule has 0 aromatic heterocycles. The van der Waals surface area contributed by atoms with Gasteiger partial charge in [-0.1, -0.05) is 56.0 Å². The van der Waals surface area contributed by atoms with Gasteiger partial charge in [-0.15, -0.1) is 0 Å². The van der Waals surface area contributed by atoms with Gasteiger partial charge in [0.15, 0.2) is 0 Å². The maximum absolute atomic E-state index is 11.9. The van der Waals surface area contributed by atoms with E-state index >= 15 is 0 Å². The van der Waals surface area contributed by atoms with E-state index in [1.165, 1.54) is 57.2 Å². The molecule has 5 rings (SSSR count). The van der Waals surface area contributed by atoms with E-state index < -0.39 is 5.60 Å². The van der Waals surface area contributed by atoms with Crippen molar-refractivity contribution in [1.29, 1.82) is 0 Å². The molecule has 2 aromatic rings. The molecule has 2 aliphatic heterocycles. The fourth-order valence-electron chi connectivity index (χ4n) is 6.53. The number of piperidine rings is 2. The van der Waals surface area contributed by atoms with Crippen molar-refractivity contribution in [2.75, 3.05) is 32.7 Å². The van der Waals surface area contributed by atoms with Crippen LogP contribution in [0, 0.1) is 0 Å². The minimum Gasteiger partial charge on any atom is -0.457 e. The number of hydrogen-bond donors (Lipinski definition) is 1. The maximum Gasteiger partial charge on any atom is 0.127 e. The quantitative estimate of drug-likeness (QED) is 0.531. The number of likely N-dealkylation sites (tertiary alicyclic amines) is 2. The fourth-order valence-corrected chi connectivity index (χ4v) is 6.53. The first-order valence-corrected chi connectivity index (χ1v) is 13.7. The maximum atomic E-state index is 11.9. The number of hydrogen-bond acceptors (Lipinski definition) is 4. The van der Waals surface area contributed by atoms with E-state index in [2.05, 4.69) is 28.0 Å².